The van der Waals surface area contributed by atoms with Crippen molar-refractivity contribution in [2.45, 2.75) is 0 Å². The minimum atomic E-state index is -1.99. The highest BCUT2D eigenvalue weighted by Crippen LogP contribution is 2.25. The third-order valence-electron chi connectivity index (χ3n) is 0.354. The molecule has 0 fully saturated rings. The first-order valence-electron chi connectivity index (χ1n) is 1.81. The van der Waals surface area contributed by atoms with E-state index in [0.29, 0.717) is 0 Å². The Morgan fingerprint density at radius 2 is 2.50 bits per heavy atom. The smallest absolute Gasteiger partial charge is 0.114 e. The summed E-state index contributed by atoms with van der Waals surface area (Å²) in [6.07, 6.45) is 1.49. The van der Waals surface area contributed by atoms with Gasteiger partial charge in [0.2, 0.25) is 0 Å². The fourth-order valence-corrected chi connectivity index (χ4v) is 0.651. The zero-order valence-electron chi connectivity index (χ0n) is 4.04. The first kappa shape index (κ1) is 8.24. The Morgan fingerprint density at radius 3 is 2.88 bits per heavy atom. The standard InChI is InChI=1S/C3H5BrO3P/c1-2-3-6-8(5)7-4/h2H,1,3H2/q+1. The van der Waals surface area contributed by atoms with Gasteiger partial charge in [-0.25, -0.2) is 0 Å². The van der Waals surface area contributed by atoms with E-state index in [0.717, 1.165) is 0 Å². The topological polar surface area (TPSA) is 35.5 Å². The Labute approximate surface area is 57.1 Å². The molecule has 0 radical (unpaired) electrons. The highest BCUT2D eigenvalue weighted by Gasteiger charge is 2.16. The van der Waals surface area contributed by atoms with Crippen LogP contribution < -0.4 is 0 Å². The van der Waals surface area contributed by atoms with Crippen LogP contribution in [-0.2, 0) is 12.7 Å². The van der Waals surface area contributed by atoms with Crippen molar-refractivity contribution in [2.24, 2.45) is 0 Å². The zero-order chi connectivity index (χ0) is 6.41. The van der Waals surface area contributed by atoms with E-state index in [-0.39, 0.29) is 6.61 Å². The van der Waals surface area contributed by atoms with Gasteiger partial charge >= 0.3 is 8.25 Å². The van der Waals surface area contributed by atoms with Crippen molar-refractivity contribution >= 4 is 24.5 Å². The molecule has 1 unspecified atom stereocenters. The van der Waals surface area contributed by atoms with Gasteiger partial charge in [0.05, 0.1) is 0 Å². The van der Waals surface area contributed by atoms with Gasteiger partial charge in [0.1, 0.15) is 6.61 Å². The maximum atomic E-state index is 10.2. The summed E-state index contributed by atoms with van der Waals surface area (Å²) in [7, 11) is -1.99. The van der Waals surface area contributed by atoms with E-state index in [1.54, 1.807) is 0 Å². The lowest BCUT2D eigenvalue weighted by atomic mass is 10.7. The van der Waals surface area contributed by atoms with Crippen LogP contribution in [0.4, 0.5) is 0 Å². The van der Waals surface area contributed by atoms with Gasteiger partial charge in [0.25, 0.3) is 0 Å². The van der Waals surface area contributed by atoms with Crippen LogP contribution in [0.5, 0.6) is 0 Å². The molecule has 0 aromatic rings. The molecule has 0 saturated heterocycles. The normalized spacial score (nSPS) is 10.9. The Bertz CT molecular complexity index is 94.5. The number of rotatable bonds is 4. The van der Waals surface area contributed by atoms with Crippen molar-refractivity contribution in [2.75, 3.05) is 6.61 Å². The van der Waals surface area contributed by atoms with Crippen molar-refractivity contribution in [3.63, 3.8) is 0 Å². The Balaban J connectivity index is 3.11. The number of halogens is 1. The lowest BCUT2D eigenvalue weighted by Gasteiger charge is -1.74. The summed E-state index contributed by atoms with van der Waals surface area (Å²) in [5.41, 5.74) is 0. The summed E-state index contributed by atoms with van der Waals surface area (Å²) in [5, 5.41) is 0. The van der Waals surface area contributed by atoms with Crippen LogP contribution in [0.25, 0.3) is 0 Å². The quantitative estimate of drug-likeness (QED) is 0.515. The van der Waals surface area contributed by atoms with Crippen molar-refractivity contribution in [1.29, 1.82) is 0 Å². The molecule has 8 heavy (non-hydrogen) atoms. The maximum Gasteiger partial charge on any atom is 0.709 e. The zero-order valence-corrected chi connectivity index (χ0v) is 6.52. The van der Waals surface area contributed by atoms with Gasteiger partial charge in [-0.05, 0) is 3.62 Å². The summed E-state index contributed by atoms with van der Waals surface area (Å²) in [5.74, 6) is 0. The average Bonchev–Trinajstić information content (AvgIpc) is 1.83. The summed E-state index contributed by atoms with van der Waals surface area (Å²) >= 11 is 2.50. The molecule has 0 N–H and O–H groups in total. The lowest BCUT2D eigenvalue weighted by Crippen LogP contribution is -1.76. The van der Waals surface area contributed by atoms with Crippen LogP contribution in [0, 0.1) is 0 Å². The Morgan fingerprint density at radius 1 is 1.88 bits per heavy atom. The van der Waals surface area contributed by atoms with Gasteiger partial charge in [-0.3, -0.25) is 0 Å². The second-order valence-electron chi connectivity index (χ2n) is 0.877. The molecule has 46 valence electrons. The molecule has 1 atom stereocenters. The number of hydrogen-bond donors (Lipinski definition) is 0. The number of hydrogen-bond acceptors (Lipinski definition) is 3. The molecule has 0 rings (SSSR count). The highest BCUT2D eigenvalue weighted by molar-refractivity contribution is 9.06. The summed E-state index contributed by atoms with van der Waals surface area (Å²) in [4.78, 5) is 0. The van der Waals surface area contributed by atoms with Crippen LogP contribution in [0.15, 0.2) is 12.7 Å². The monoisotopic (exact) mass is 199 g/mol. The lowest BCUT2D eigenvalue weighted by molar-refractivity contribution is 0.332. The molecular formula is C3H5BrO3P+. The van der Waals surface area contributed by atoms with E-state index in [1.165, 1.54) is 6.08 Å². The molecule has 0 aliphatic rings. The molecule has 5 heteroatoms. The molecular weight excluding hydrogens is 195 g/mol. The van der Waals surface area contributed by atoms with Gasteiger partial charge in [-0.2, -0.15) is 0 Å². The molecule has 0 saturated carbocycles. The van der Waals surface area contributed by atoms with Gasteiger partial charge < -0.3 is 0 Å². The van der Waals surface area contributed by atoms with Gasteiger partial charge in [-0.1, -0.05) is 6.08 Å². The van der Waals surface area contributed by atoms with Crippen molar-refractivity contribution in [1.82, 2.24) is 0 Å². The van der Waals surface area contributed by atoms with Crippen LogP contribution >= 0.6 is 24.5 Å². The molecule has 3 nitrogen and oxygen atoms in total. The minimum absolute atomic E-state index is 0.237. The molecule has 0 heterocycles. The summed E-state index contributed by atoms with van der Waals surface area (Å²) < 4.78 is 18.7. The van der Waals surface area contributed by atoms with Gasteiger partial charge in [-0.15, -0.1) is 11.1 Å². The van der Waals surface area contributed by atoms with Gasteiger partial charge in [0, 0.05) is 4.57 Å². The van der Waals surface area contributed by atoms with Crippen molar-refractivity contribution in [3.05, 3.63) is 12.7 Å². The van der Waals surface area contributed by atoms with Crippen molar-refractivity contribution in [3.8, 4) is 0 Å². The van der Waals surface area contributed by atoms with E-state index < -0.39 is 8.25 Å². The van der Waals surface area contributed by atoms with E-state index in [9.17, 15) is 4.57 Å². The molecule has 0 aliphatic carbocycles. The maximum absolute atomic E-state index is 10.2. The van der Waals surface area contributed by atoms with Crippen LogP contribution in [-0.4, -0.2) is 6.61 Å². The predicted octanol–water partition coefficient (Wildman–Crippen LogP) is 2.17. The third kappa shape index (κ3) is 4.40. The second-order valence-corrected chi connectivity index (χ2v) is 2.59. The van der Waals surface area contributed by atoms with Crippen LogP contribution in [0.1, 0.15) is 0 Å². The molecule has 0 aromatic carbocycles. The van der Waals surface area contributed by atoms with E-state index in [2.05, 4.69) is 31.0 Å². The third-order valence-corrected chi connectivity index (χ3v) is 1.54. The Kier molecular flexibility index (Phi) is 5.54. The first-order chi connectivity index (χ1) is 3.81. The molecule has 0 aliphatic heterocycles. The predicted molar refractivity (Wildman–Crippen MR) is 33.8 cm³/mol. The fraction of sp³-hybridized carbons (Fsp3) is 0.333. The van der Waals surface area contributed by atoms with E-state index in [1.807, 2.05) is 0 Å². The second kappa shape index (κ2) is 5.38. The summed E-state index contributed by atoms with van der Waals surface area (Å²) in [6, 6.07) is 0. The molecule has 0 spiro atoms. The van der Waals surface area contributed by atoms with Crippen molar-refractivity contribution < 1.29 is 12.7 Å². The molecule has 0 bridgehead atoms. The first-order valence-corrected chi connectivity index (χ1v) is 3.55. The van der Waals surface area contributed by atoms with Crippen LogP contribution in [0.3, 0.4) is 0 Å². The van der Waals surface area contributed by atoms with Gasteiger partial charge in [0.15, 0.2) is 16.3 Å². The van der Waals surface area contributed by atoms with E-state index >= 15 is 0 Å². The van der Waals surface area contributed by atoms with E-state index in [4.69, 9.17) is 0 Å². The Hall–Kier alpha value is 0.240. The van der Waals surface area contributed by atoms with Crippen LogP contribution in [0.2, 0.25) is 0 Å². The fourth-order valence-electron chi connectivity index (χ4n) is 0.133. The summed E-state index contributed by atoms with van der Waals surface area (Å²) in [6.45, 7) is 3.58. The molecule has 0 aromatic heterocycles. The largest absolute Gasteiger partial charge is 0.709 e. The average molecular weight is 200 g/mol. The molecule has 0 amide bonds. The highest BCUT2D eigenvalue weighted by atomic mass is 79.9. The SMILES string of the molecule is C=CCO[P+](=O)OBr. The minimum Gasteiger partial charge on any atom is -0.114 e.